The third-order valence-electron chi connectivity index (χ3n) is 6.00. The molecule has 2 atom stereocenters. The Balaban J connectivity index is 1.34. The van der Waals surface area contributed by atoms with Gasteiger partial charge in [-0.25, -0.2) is 0 Å². The molecule has 0 aliphatic carbocycles. The summed E-state index contributed by atoms with van der Waals surface area (Å²) in [5.74, 6) is 0.136. The van der Waals surface area contributed by atoms with Gasteiger partial charge in [-0.05, 0) is 61.1 Å². The highest BCUT2D eigenvalue weighted by molar-refractivity contribution is 6.30. The van der Waals surface area contributed by atoms with Crippen molar-refractivity contribution in [2.24, 2.45) is 0 Å². The summed E-state index contributed by atoms with van der Waals surface area (Å²) in [6.07, 6.45) is 7.43. The lowest BCUT2D eigenvalue weighted by atomic mass is 9.96. The van der Waals surface area contributed by atoms with E-state index in [0.29, 0.717) is 11.1 Å². The minimum atomic E-state index is 0.136. The Morgan fingerprint density at radius 1 is 0.893 bits per heavy atom. The molecule has 2 bridgehead atoms. The number of piperidine rings is 1. The van der Waals surface area contributed by atoms with E-state index < -0.39 is 0 Å². The summed E-state index contributed by atoms with van der Waals surface area (Å²) in [4.78, 5) is 17.1. The smallest absolute Gasteiger partial charge is 0.254 e. The molecule has 3 heterocycles. The van der Waals surface area contributed by atoms with E-state index in [2.05, 4.69) is 15.1 Å². The van der Waals surface area contributed by atoms with E-state index in [9.17, 15) is 4.79 Å². The molecule has 1 amide bonds. The molecule has 5 rings (SSSR count). The molecule has 2 fully saturated rings. The van der Waals surface area contributed by atoms with Crippen LogP contribution in [0.25, 0.3) is 11.1 Å². The first-order valence-electron chi connectivity index (χ1n) is 9.73. The number of amides is 1. The molecule has 0 spiro atoms. The van der Waals surface area contributed by atoms with Gasteiger partial charge in [-0.15, -0.1) is 0 Å². The van der Waals surface area contributed by atoms with Crippen LogP contribution in [0.5, 0.6) is 0 Å². The molecule has 2 saturated heterocycles. The first-order chi connectivity index (χ1) is 13.7. The van der Waals surface area contributed by atoms with Crippen molar-refractivity contribution < 1.29 is 4.79 Å². The van der Waals surface area contributed by atoms with Crippen LogP contribution in [-0.2, 0) is 0 Å². The number of rotatable bonds is 3. The van der Waals surface area contributed by atoms with Crippen LogP contribution in [0.2, 0.25) is 5.02 Å². The van der Waals surface area contributed by atoms with Gasteiger partial charge in [0.1, 0.15) is 0 Å². The fraction of sp³-hybridized carbons (Fsp3) is 0.318. The maximum absolute atomic E-state index is 13.2. The molecule has 0 saturated carbocycles. The molecule has 2 aromatic carbocycles. The zero-order valence-electron chi connectivity index (χ0n) is 15.4. The average Bonchev–Trinajstić information content (AvgIpc) is 3.34. The largest absolute Gasteiger partial charge is 0.333 e. The number of carbonyl (C=O) groups excluding carboxylic acids is 1. The lowest BCUT2D eigenvalue weighted by Gasteiger charge is -2.38. The van der Waals surface area contributed by atoms with E-state index in [1.807, 2.05) is 53.3 Å². The molecular formula is C22H21ClN4O. The fourth-order valence-electron chi connectivity index (χ4n) is 4.71. The Bertz CT molecular complexity index is 972. The lowest BCUT2D eigenvalue weighted by molar-refractivity contribution is 0.0512. The van der Waals surface area contributed by atoms with Crippen molar-refractivity contribution in [1.29, 1.82) is 0 Å². The van der Waals surface area contributed by atoms with Crippen LogP contribution in [-0.4, -0.2) is 37.9 Å². The number of hydrogen-bond acceptors (Lipinski definition) is 3. The minimum Gasteiger partial charge on any atom is -0.333 e. The van der Waals surface area contributed by atoms with Crippen molar-refractivity contribution >= 4 is 17.5 Å². The molecule has 0 N–H and O–H groups in total. The van der Waals surface area contributed by atoms with Crippen molar-refractivity contribution in [1.82, 2.24) is 19.9 Å². The van der Waals surface area contributed by atoms with E-state index in [1.165, 1.54) is 0 Å². The van der Waals surface area contributed by atoms with Gasteiger partial charge in [-0.3, -0.25) is 4.79 Å². The summed E-state index contributed by atoms with van der Waals surface area (Å²) in [6, 6.07) is 16.5. The van der Waals surface area contributed by atoms with Crippen molar-refractivity contribution in [3.05, 3.63) is 71.5 Å². The van der Waals surface area contributed by atoms with Crippen LogP contribution in [0.15, 0.2) is 60.9 Å². The molecule has 28 heavy (non-hydrogen) atoms. The molecule has 1 aromatic heterocycles. The van der Waals surface area contributed by atoms with Gasteiger partial charge in [0.15, 0.2) is 0 Å². The average molecular weight is 393 g/mol. The number of aromatic nitrogens is 3. The van der Waals surface area contributed by atoms with Crippen molar-refractivity contribution in [2.75, 3.05) is 0 Å². The monoisotopic (exact) mass is 392 g/mol. The van der Waals surface area contributed by atoms with E-state index in [4.69, 9.17) is 11.6 Å². The quantitative estimate of drug-likeness (QED) is 0.654. The summed E-state index contributed by atoms with van der Waals surface area (Å²) >= 11 is 6.09. The van der Waals surface area contributed by atoms with Gasteiger partial charge in [0.2, 0.25) is 0 Å². The molecule has 0 radical (unpaired) electrons. The van der Waals surface area contributed by atoms with Gasteiger partial charge in [0, 0.05) is 22.7 Å². The molecule has 142 valence electrons. The SMILES string of the molecule is O=C(c1ccc(-c2cccc(Cl)c2)cc1)N1C2CCC1CC(n1nccn1)C2. The number of nitrogens with zero attached hydrogens (tertiary/aromatic N) is 4. The highest BCUT2D eigenvalue weighted by atomic mass is 35.5. The Morgan fingerprint density at radius 2 is 1.57 bits per heavy atom. The van der Waals surface area contributed by atoms with E-state index >= 15 is 0 Å². The Morgan fingerprint density at radius 3 is 2.21 bits per heavy atom. The predicted molar refractivity (Wildman–Crippen MR) is 108 cm³/mol. The molecule has 6 heteroatoms. The Kier molecular flexibility index (Phi) is 4.40. The Labute approximate surface area is 168 Å². The fourth-order valence-corrected chi connectivity index (χ4v) is 4.90. The zero-order valence-corrected chi connectivity index (χ0v) is 16.2. The molecule has 3 aromatic rings. The van der Waals surface area contributed by atoms with Gasteiger partial charge >= 0.3 is 0 Å². The topological polar surface area (TPSA) is 51.0 Å². The number of fused-ring (bicyclic) bond motifs is 2. The summed E-state index contributed by atoms with van der Waals surface area (Å²) in [5.41, 5.74) is 2.86. The van der Waals surface area contributed by atoms with Crippen molar-refractivity contribution in [3.63, 3.8) is 0 Å². The highest BCUT2D eigenvalue weighted by Gasteiger charge is 2.44. The second-order valence-corrected chi connectivity index (χ2v) is 8.10. The molecule has 2 aliphatic heterocycles. The number of hydrogen-bond donors (Lipinski definition) is 0. The zero-order chi connectivity index (χ0) is 19.1. The highest BCUT2D eigenvalue weighted by Crippen LogP contribution is 2.41. The normalized spacial score (nSPS) is 23.8. The number of halogens is 1. The predicted octanol–water partition coefficient (Wildman–Crippen LogP) is 4.61. The van der Waals surface area contributed by atoms with Gasteiger partial charge in [-0.1, -0.05) is 35.9 Å². The lowest BCUT2D eigenvalue weighted by Crippen LogP contribution is -2.47. The maximum atomic E-state index is 13.2. The van der Waals surface area contributed by atoms with Crippen LogP contribution >= 0.6 is 11.6 Å². The summed E-state index contributed by atoms with van der Waals surface area (Å²) in [6.45, 7) is 0. The van der Waals surface area contributed by atoms with Crippen LogP contribution in [0.4, 0.5) is 0 Å². The van der Waals surface area contributed by atoms with E-state index in [-0.39, 0.29) is 18.0 Å². The van der Waals surface area contributed by atoms with Crippen molar-refractivity contribution in [3.8, 4) is 11.1 Å². The minimum absolute atomic E-state index is 0.136. The van der Waals surface area contributed by atoms with Gasteiger partial charge in [-0.2, -0.15) is 15.0 Å². The standard InChI is InChI=1S/C22H21ClN4O/c23-18-3-1-2-17(12-18)15-4-6-16(7-5-15)22(28)26-19-8-9-20(26)14-21(13-19)27-24-10-11-25-27/h1-7,10-12,19-21H,8-9,13-14H2. The number of carbonyl (C=O) groups is 1. The first kappa shape index (κ1) is 17.4. The van der Waals surface area contributed by atoms with E-state index in [0.717, 1.165) is 42.4 Å². The third kappa shape index (κ3) is 3.10. The number of benzene rings is 2. The van der Waals surface area contributed by atoms with Crippen LogP contribution in [0, 0.1) is 0 Å². The molecule has 5 nitrogen and oxygen atoms in total. The molecule has 2 unspecified atom stereocenters. The maximum Gasteiger partial charge on any atom is 0.254 e. The summed E-state index contributed by atoms with van der Waals surface area (Å²) < 4.78 is 0. The third-order valence-corrected chi connectivity index (χ3v) is 6.23. The second kappa shape index (κ2) is 7.06. The summed E-state index contributed by atoms with van der Waals surface area (Å²) in [7, 11) is 0. The first-order valence-corrected chi connectivity index (χ1v) is 10.1. The Hall–Kier alpha value is -2.66. The van der Waals surface area contributed by atoms with Crippen LogP contribution < -0.4 is 0 Å². The van der Waals surface area contributed by atoms with Crippen LogP contribution in [0.1, 0.15) is 42.1 Å². The van der Waals surface area contributed by atoms with Gasteiger partial charge < -0.3 is 4.90 Å². The summed E-state index contributed by atoms with van der Waals surface area (Å²) in [5, 5.41) is 9.32. The van der Waals surface area contributed by atoms with E-state index in [1.54, 1.807) is 12.4 Å². The van der Waals surface area contributed by atoms with Gasteiger partial charge in [0.05, 0.1) is 18.4 Å². The van der Waals surface area contributed by atoms with Gasteiger partial charge in [0.25, 0.3) is 5.91 Å². The molecular weight excluding hydrogens is 372 g/mol. The van der Waals surface area contributed by atoms with Crippen molar-refractivity contribution in [2.45, 2.75) is 43.8 Å². The molecule has 2 aliphatic rings. The van der Waals surface area contributed by atoms with Crippen LogP contribution in [0.3, 0.4) is 0 Å². The second-order valence-electron chi connectivity index (χ2n) is 7.66.